The van der Waals surface area contributed by atoms with Gasteiger partial charge in [-0.05, 0) is 18.6 Å². The van der Waals surface area contributed by atoms with Gasteiger partial charge in [-0.2, -0.15) is 0 Å². The van der Waals surface area contributed by atoms with E-state index in [-0.39, 0.29) is 17.3 Å². The molecule has 0 aliphatic rings. The van der Waals surface area contributed by atoms with Gasteiger partial charge in [-0.3, -0.25) is 4.79 Å². The van der Waals surface area contributed by atoms with Gasteiger partial charge in [-0.25, -0.2) is 4.79 Å². The van der Waals surface area contributed by atoms with Crippen molar-refractivity contribution in [2.75, 3.05) is 0 Å². The van der Waals surface area contributed by atoms with Crippen LogP contribution in [-0.4, -0.2) is 17.0 Å². The van der Waals surface area contributed by atoms with Gasteiger partial charge in [0.2, 0.25) is 0 Å². The zero-order valence-electron chi connectivity index (χ0n) is 13.3. The number of benzene rings is 1. The predicted octanol–water partition coefficient (Wildman–Crippen LogP) is 4.82. The molecule has 0 fully saturated rings. The average molecular weight is 306 g/mol. The van der Waals surface area contributed by atoms with E-state index in [4.69, 9.17) is 9.84 Å². The smallest absolute Gasteiger partial charge is 0.339 e. The summed E-state index contributed by atoms with van der Waals surface area (Å²) in [6.07, 6.45) is 9.62. The van der Waals surface area contributed by atoms with Gasteiger partial charge in [0.05, 0.1) is 0 Å². The topological polar surface area (TPSA) is 63.6 Å². The number of rotatable bonds is 11. The van der Waals surface area contributed by atoms with Crippen molar-refractivity contribution in [2.24, 2.45) is 0 Å². The highest BCUT2D eigenvalue weighted by atomic mass is 16.5. The summed E-state index contributed by atoms with van der Waals surface area (Å²) in [4.78, 5) is 22.8. The molecule has 4 heteroatoms. The van der Waals surface area contributed by atoms with Gasteiger partial charge in [-0.1, -0.05) is 64.0 Å². The number of aromatic carboxylic acids is 1. The second-order valence-electron chi connectivity index (χ2n) is 5.50. The van der Waals surface area contributed by atoms with Crippen LogP contribution < -0.4 is 4.74 Å². The molecule has 122 valence electrons. The van der Waals surface area contributed by atoms with Crippen LogP contribution in [-0.2, 0) is 4.79 Å². The van der Waals surface area contributed by atoms with Gasteiger partial charge in [-0.15, -0.1) is 0 Å². The zero-order valence-corrected chi connectivity index (χ0v) is 13.3. The van der Waals surface area contributed by atoms with E-state index in [1.807, 2.05) is 0 Å². The second kappa shape index (κ2) is 10.8. The van der Waals surface area contributed by atoms with E-state index in [0.29, 0.717) is 6.42 Å². The van der Waals surface area contributed by atoms with Gasteiger partial charge in [0.15, 0.2) is 0 Å². The predicted molar refractivity (Wildman–Crippen MR) is 86.3 cm³/mol. The van der Waals surface area contributed by atoms with Gasteiger partial charge in [0.1, 0.15) is 11.3 Å². The number of carboxylic acids is 1. The third-order valence-electron chi connectivity index (χ3n) is 3.58. The molecule has 4 nitrogen and oxygen atoms in total. The molecule has 0 heterocycles. The number of carboxylic acid groups (broad SMARTS) is 1. The molecule has 0 atom stereocenters. The summed E-state index contributed by atoms with van der Waals surface area (Å²) in [6, 6.07) is 6.21. The molecule has 22 heavy (non-hydrogen) atoms. The van der Waals surface area contributed by atoms with Gasteiger partial charge >= 0.3 is 11.9 Å². The minimum absolute atomic E-state index is 0.0202. The van der Waals surface area contributed by atoms with Crippen LogP contribution >= 0.6 is 0 Å². The molecule has 1 rings (SSSR count). The maximum absolute atomic E-state index is 11.7. The van der Waals surface area contributed by atoms with Crippen LogP contribution in [0.4, 0.5) is 0 Å². The van der Waals surface area contributed by atoms with E-state index in [1.54, 1.807) is 12.1 Å². The van der Waals surface area contributed by atoms with Crippen molar-refractivity contribution in [3.05, 3.63) is 29.8 Å². The van der Waals surface area contributed by atoms with Crippen LogP contribution in [0.2, 0.25) is 0 Å². The molecule has 1 aromatic rings. The molecule has 0 aliphatic carbocycles. The Hall–Kier alpha value is -1.84. The minimum Gasteiger partial charge on any atom is -0.478 e. The molecular weight excluding hydrogens is 280 g/mol. The Morgan fingerprint density at radius 2 is 1.55 bits per heavy atom. The van der Waals surface area contributed by atoms with E-state index in [0.717, 1.165) is 19.3 Å². The zero-order chi connectivity index (χ0) is 16.2. The van der Waals surface area contributed by atoms with Crippen molar-refractivity contribution in [1.82, 2.24) is 0 Å². The molecule has 0 aliphatic heterocycles. The van der Waals surface area contributed by atoms with Crippen molar-refractivity contribution in [3.8, 4) is 5.75 Å². The first-order valence-electron chi connectivity index (χ1n) is 8.18. The highest BCUT2D eigenvalue weighted by Gasteiger charge is 2.13. The van der Waals surface area contributed by atoms with Crippen molar-refractivity contribution in [2.45, 2.75) is 64.7 Å². The van der Waals surface area contributed by atoms with Crippen LogP contribution in [0.1, 0.15) is 75.1 Å². The van der Waals surface area contributed by atoms with Gasteiger partial charge < -0.3 is 9.84 Å². The van der Waals surface area contributed by atoms with Crippen LogP contribution in [0.15, 0.2) is 24.3 Å². The fourth-order valence-corrected chi connectivity index (χ4v) is 2.31. The second-order valence-corrected chi connectivity index (χ2v) is 5.50. The van der Waals surface area contributed by atoms with Gasteiger partial charge in [0.25, 0.3) is 0 Å². The SMILES string of the molecule is CCCCCCCCCCC(=O)Oc1ccccc1C(=O)O. The number of hydrogen-bond donors (Lipinski definition) is 1. The van der Waals surface area contributed by atoms with Crippen molar-refractivity contribution in [3.63, 3.8) is 0 Å². The largest absolute Gasteiger partial charge is 0.478 e. The quantitative estimate of drug-likeness (QED) is 0.361. The van der Waals surface area contributed by atoms with E-state index in [9.17, 15) is 9.59 Å². The number of carbonyl (C=O) groups is 2. The minimum atomic E-state index is -1.09. The molecule has 0 unspecified atom stereocenters. The lowest BCUT2D eigenvalue weighted by Gasteiger charge is -2.07. The first-order chi connectivity index (χ1) is 10.6. The number of unbranched alkanes of at least 4 members (excludes halogenated alkanes) is 7. The monoisotopic (exact) mass is 306 g/mol. The number of esters is 1. The number of ether oxygens (including phenoxy) is 1. The van der Waals surface area contributed by atoms with Crippen LogP contribution in [0, 0.1) is 0 Å². The Kier molecular flexibility index (Phi) is 8.96. The van der Waals surface area contributed by atoms with Crippen LogP contribution in [0.3, 0.4) is 0 Å². The van der Waals surface area contributed by atoms with Crippen LogP contribution in [0.5, 0.6) is 5.75 Å². The summed E-state index contributed by atoms with van der Waals surface area (Å²) >= 11 is 0. The fraction of sp³-hybridized carbons (Fsp3) is 0.556. The molecule has 0 saturated heterocycles. The number of carbonyl (C=O) groups excluding carboxylic acids is 1. The lowest BCUT2D eigenvalue weighted by Crippen LogP contribution is -2.10. The van der Waals surface area contributed by atoms with Gasteiger partial charge in [0, 0.05) is 6.42 Å². The van der Waals surface area contributed by atoms with Crippen molar-refractivity contribution >= 4 is 11.9 Å². The summed E-state index contributed by atoms with van der Waals surface area (Å²) < 4.78 is 5.15. The third-order valence-corrected chi connectivity index (χ3v) is 3.58. The standard InChI is InChI=1S/C18H26O4/c1-2-3-4-5-6-7-8-9-14-17(19)22-16-13-11-10-12-15(16)18(20)21/h10-13H,2-9,14H2,1H3,(H,20,21). The Balaban J connectivity index is 2.20. The highest BCUT2D eigenvalue weighted by Crippen LogP contribution is 2.19. The summed E-state index contributed by atoms with van der Waals surface area (Å²) in [5.41, 5.74) is 0.0202. The third kappa shape index (κ3) is 7.25. The van der Waals surface area contributed by atoms with E-state index in [2.05, 4.69) is 6.92 Å². The Labute approximate surface area is 132 Å². The highest BCUT2D eigenvalue weighted by molar-refractivity contribution is 5.91. The normalized spacial score (nSPS) is 10.4. The Bertz CT molecular complexity index is 468. The molecular formula is C18H26O4. The maximum Gasteiger partial charge on any atom is 0.339 e. The fourth-order valence-electron chi connectivity index (χ4n) is 2.31. The summed E-state index contributed by atoms with van der Waals surface area (Å²) in [6.45, 7) is 2.20. The van der Waals surface area contributed by atoms with Crippen molar-refractivity contribution in [1.29, 1.82) is 0 Å². The molecule has 0 bridgehead atoms. The molecule has 0 amide bonds. The molecule has 1 aromatic carbocycles. The van der Waals surface area contributed by atoms with E-state index in [1.165, 1.54) is 44.2 Å². The molecule has 0 spiro atoms. The van der Waals surface area contributed by atoms with E-state index < -0.39 is 5.97 Å². The van der Waals surface area contributed by atoms with Crippen molar-refractivity contribution < 1.29 is 19.4 Å². The summed E-state index contributed by atoms with van der Waals surface area (Å²) in [7, 11) is 0. The number of para-hydroxylation sites is 1. The first-order valence-corrected chi connectivity index (χ1v) is 8.18. The molecule has 0 saturated carbocycles. The molecule has 0 radical (unpaired) electrons. The van der Waals surface area contributed by atoms with Crippen LogP contribution in [0.25, 0.3) is 0 Å². The lowest BCUT2D eigenvalue weighted by molar-refractivity contribution is -0.134. The Morgan fingerprint density at radius 3 is 2.18 bits per heavy atom. The first kappa shape index (κ1) is 18.2. The lowest BCUT2D eigenvalue weighted by atomic mass is 10.1. The average Bonchev–Trinajstić information content (AvgIpc) is 2.50. The summed E-state index contributed by atoms with van der Waals surface area (Å²) in [5, 5.41) is 9.02. The summed E-state index contributed by atoms with van der Waals surface area (Å²) in [5.74, 6) is -1.32. The van der Waals surface area contributed by atoms with E-state index >= 15 is 0 Å². The maximum atomic E-state index is 11.7. The molecule has 0 aromatic heterocycles. The Morgan fingerprint density at radius 1 is 0.955 bits per heavy atom. The number of hydrogen-bond acceptors (Lipinski definition) is 3. The molecule has 1 N–H and O–H groups in total.